The summed E-state index contributed by atoms with van der Waals surface area (Å²) in [5.41, 5.74) is -1.84. The Morgan fingerprint density at radius 1 is 1.48 bits per heavy atom. The summed E-state index contributed by atoms with van der Waals surface area (Å²) in [5.74, 6) is 0. The number of aromatic nitrogens is 2. The van der Waals surface area contributed by atoms with E-state index < -0.39 is 28.5 Å². The highest BCUT2D eigenvalue weighted by Gasteiger charge is 2.38. The molecule has 7 nitrogen and oxygen atoms in total. The zero-order chi connectivity index (χ0) is 17.2. The molecule has 0 saturated heterocycles. The lowest BCUT2D eigenvalue weighted by atomic mass is 10.1. The second kappa shape index (κ2) is 6.24. The minimum Gasteiger partial charge on any atom is -0.386 e. The maximum Gasteiger partial charge on any atom is 0.423 e. The van der Waals surface area contributed by atoms with E-state index in [0.29, 0.717) is 11.6 Å². The average Bonchev–Trinajstić information content (AvgIpc) is 2.90. The smallest absolute Gasteiger partial charge is 0.386 e. The summed E-state index contributed by atoms with van der Waals surface area (Å²) < 4.78 is 40.1. The Balaban J connectivity index is 2.16. The van der Waals surface area contributed by atoms with E-state index in [9.17, 15) is 28.4 Å². The topological polar surface area (TPSA) is 93.2 Å². The highest BCUT2D eigenvalue weighted by Crippen LogP contribution is 2.37. The molecule has 0 aliphatic heterocycles. The number of nitro groups is 1. The zero-order valence-corrected chi connectivity index (χ0v) is 11.9. The van der Waals surface area contributed by atoms with Crippen molar-refractivity contribution in [2.24, 2.45) is 7.05 Å². The Hall–Kier alpha value is -2.62. The third-order valence-electron chi connectivity index (χ3n) is 3.11. The van der Waals surface area contributed by atoms with E-state index in [-0.39, 0.29) is 12.2 Å². The molecule has 1 atom stereocenters. The van der Waals surface area contributed by atoms with Gasteiger partial charge < -0.3 is 10.4 Å². The molecule has 2 rings (SSSR count). The maximum absolute atomic E-state index is 12.9. The van der Waals surface area contributed by atoms with E-state index in [4.69, 9.17) is 0 Å². The first-order chi connectivity index (χ1) is 10.7. The van der Waals surface area contributed by atoms with Crippen LogP contribution in [0.15, 0.2) is 30.6 Å². The standard InChI is InChI=1S/C13H13F3N4O3/c1-19-7-8(5-18-19)12(21)6-17-9-2-3-11(20(22)23)10(4-9)13(14,15)16/h2-5,7,12,17,21H,6H2,1H3/t12-/m1/s1. The summed E-state index contributed by atoms with van der Waals surface area (Å²) in [6.45, 7) is -0.0686. The van der Waals surface area contributed by atoms with Crippen LogP contribution >= 0.6 is 0 Å². The molecule has 0 saturated carbocycles. The van der Waals surface area contributed by atoms with Crippen LogP contribution in [0.25, 0.3) is 0 Å². The molecule has 1 heterocycles. The number of benzene rings is 1. The number of nitro benzene ring substituents is 1. The van der Waals surface area contributed by atoms with Crippen molar-refractivity contribution in [2.75, 3.05) is 11.9 Å². The summed E-state index contributed by atoms with van der Waals surface area (Å²) >= 11 is 0. The van der Waals surface area contributed by atoms with Crippen molar-refractivity contribution in [1.82, 2.24) is 9.78 Å². The molecule has 0 aliphatic rings. The number of aliphatic hydroxyl groups excluding tert-OH is 1. The molecule has 0 unspecified atom stereocenters. The maximum atomic E-state index is 12.9. The van der Waals surface area contributed by atoms with E-state index >= 15 is 0 Å². The van der Waals surface area contributed by atoms with Gasteiger partial charge in [0, 0.05) is 37.1 Å². The van der Waals surface area contributed by atoms with Crippen molar-refractivity contribution in [3.8, 4) is 0 Å². The quantitative estimate of drug-likeness (QED) is 0.649. The lowest BCUT2D eigenvalue weighted by Crippen LogP contribution is -2.14. The molecule has 0 fully saturated rings. The van der Waals surface area contributed by atoms with Crippen molar-refractivity contribution in [2.45, 2.75) is 12.3 Å². The molecule has 124 valence electrons. The summed E-state index contributed by atoms with van der Waals surface area (Å²) in [6, 6.07) is 2.58. The lowest BCUT2D eigenvalue weighted by molar-refractivity contribution is -0.388. The molecule has 23 heavy (non-hydrogen) atoms. The van der Waals surface area contributed by atoms with E-state index in [1.54, 1.807) is 13.2 Å². The molecule has 10 heteroatoms. The highest BCUT2D eigenvalue weighted by molar-refractivity contribution is 5.55. The van der Waals surface area contributed by atoms with Gasteiger partial charge in [-0.3, -0.25) is 14.8 Å². The Bertz CT molecular complexity index is 715. The van der Waals surface area contributed by atoms with Gasteiger partial charge in [-0.05, 0) is 12.1 Å². The molecular weight excluding hydrogens is 317 g/mol. The Morgan fingerprint density at radius 2 is 2.17 bits per heavy atom. The zero-order valence-electron chi connectivity index (χ0n) is 11.9. The number of anilines is 1. The van der Waals surface area contributed by atoms with Crippen LogP contribution in [0.1, 0.15) is 17.2 Å². The minimum atomic E-state index is -4.85. The minimum absolute atomic E-state index is 0.0193. The number of halogens is 3. The summed E-state index contributed by atoms with van der Waals surface area (Å²) in [4.78, 5) is 9.58. The summed E-state index contributed by atoms with van der Waals surface area (Å²) in [6.07, 6.45) is -2.82. The normalized spacial score (nSPS) is 12.9. The Kier molecular flexibility index (Phi) is 4.55. The molecular formula is C13H13F3N4O3. The number of alkyl halides is 3. The van der Waals surface area contributed by atoms with Crippen LogP contribution in [0.4, 0.5) is 24.5 Å². The Labute approximate surface area is 128 Å². The first kappa shape index (κ1) is 16.7. The van der Waals surface area contributed by atoms with Crippen LogP contribution in [-0.4, -0.2) is 26.4 Å². The molecule has 0 aliphatic carbocycles. The fourth-order valence-corrected chi connectivity index (χ4v) is 1.98. The van der Waals surface area contributed by atoms with Crippen LogP contribution in [0.3, 0.4) is 0 Å². The summed E-state index contributed by atoms with van der Waals surface area (Å²) in [7, 11) is 1.66. The lowest BCUT2D eigenvalue weighted by Gasteiger charge is -2.13. The van der Waals surface area contributed by atoms with Gasteiger partial charge in [-0.15, -0.1) is 0 Å². The van der Waals surface area contributed by atoms with Gasteiger partial charge in [-0.25, -0.2) is 0 Å². The monoisotopic (exact) mass is 330 g/mol. The molecule has 2 aromatic rings. The van der Waals surface area contributed by atoms with Crippen LogP contribution in [-0.2, 0) is 13.2 Å². The molecule has 1 aromatic heterocycles. The average molecular weight is 330 g/mol. The summed E-state index contributed by atoms with van der Waals surface area (Å²) in [5, 5.41) is 27.1. The molecule has 1 aromatic carbocycles. The third kappa shape index (κ3) is 3.97. The molecule has 0 spiro atoms. The fraction of sp³-hybridized carbons (Fsp3) is 0.308. The molecule has 0 amide bonds. The fourth-order valence-electron chi connectivity index (χ4n) is 1.98. The number of nitrogens with one attached hydrogen (secondary N) is 1. The molecule has 0 bridgehead atoms. The molecule has 0 radical (unpaired) electrons. The van der Waals surface area contributed by atoms with Crippen molar-refractivity contribution >= 4 is 11.4 Å². The van der Waals surface area contributed by atoms with Crippen molar-refractivity contribution < 1.29 is 23.2 Å². The van der Waals surface area contributed by atoms with Crippen molar-refractivity contribution in [3.05, 3.63) is 51.8 Å². The molecule has 2 N–H and O–H groups in total. The van der Waals surface area contributed by atoms with Gasteiger partial charge in [0.15, 0.2) is 0 Å². The van der Waals surface area contributed by atoms with E-state index in [0.717, 1.165) is 12.1 Å². The van der Waals surface area contributed by atoms with Gasteiger partial charge in [0.05, 0.1) is 17.2 Å². The van der Waals surface area contributed by atoms with E-state index in [1.165, 1.54) is 10.9 Å². The number of rotatable bonds is 5. The van der Waals surface area contributed by atoms with Gasteiger partial charge in [-0.1, -0.05) is 0 Å². The van der Waals surface area contributed by atoms with E-state index in [2.05, 4.69) is 10.4 Å². The number of aryl methyl sites for hydroxylation is 1. The van der Waals surface area contributed by atoms with Crippen LogP contribution in [0.5, 0.6) is 0 Å². The van der Waals surface area contributed by atoms with Crippen LogP contribution in [0.2, 0.25) is 0 Å². The second-order valence-corrected chi connectivity index (χ2v) is 4.83. The largest absolute Gasteiger partial charge is 0.423 e. The van der Waals surface area contributed by atoms with Crippen LogP contribution in [0, 0.1) is 10.1 Å². The van der Waals surface area contributed by atoms with Crippen LogP contribution < -0.4 is 5.32 Å². The highest BCUT2D eigenvalue weighted by atomic mass is 19.4. The number of aliphatic hydroxyl groups is 1. The van der Waals surface area contributed by atoms with Gasteiger partial charge in [-0.2, -0.15) is 18.3 Å². The van der Waals surface area contributed by atoms with Crippen molar-refractivity contribution in [3.63, 3.8) is 0 Å². The van der Waals surface area contributed by atoms with Gasteiger partial charge in [0.1, 0.15) is 5.56 Å². The first-order valence-corrected chi connectivity index (χ1v) is 6.44. The number of hydrogen-bond acceptors (Lipinski definition) is 5. The number of nitrogens with zero attached hydrogens (tertiary/aromatic N) is 3. The van der Waals surface area contributed by atoms with E-state index in [1.807, 2.05) is 0 Å². The van der Waals surface area contributed by atoms with Crippen molar-refractivity contribution in [1.29, 1.82) is 0 Å². The Morgan fingerprint density at radius 3 is 2.70 bits per heavy atom. The van der Waals surface area contributed by atoms with Gasteiger partial charge in [0.25, 0.3) is 5.69 Å². The predicted octanol–water partition coefficient (Wildman–Crippen LogP) is 2.49. The third-order valence-corrected chi connectivity index (χ3v) is 3.11. The van der Waals surface area contributed by atoms with Gasteiger partial charge >= 0.3 is 6.18 Å². The SMILES string of the molecule is Cn1cc([C@H](O)CNc2ccc([N+](=O)[O-])c(C(F)(F)F)c2)cn1. The first-order valence-electron chi connectivity index (χ1n) is 6.44. The predicted molar refractivity (Wildman–Crippen MR) is 74.8 cm³/mol. The second-order valence-electron chi connectivity index (χ2n) is 4.83. The van der Waals surface area contributed by atoms with Gasteiger partial charge in [0.2, 0.25) is 0 Å². The number of hydrogen-bond donors (Lipinski definition) is 2.